The van der Waals surface area contributed by atoms with Gasteiger partial charge in [-0.2, -0.15) is 0 Å². The number of benzene rings is 2. The quantitative estimate of drug-likeness (QED) is 0.451. The van der Waals surface area contributed by atoms with E-state index in [1.54, 1.807) is 0 Å². The maximum absolute atomic E-state index is 2.74. The van der Waals surface area contributed by atoms with E-state index in [0.717, 1.165) is 19.6 Å². The molecule has 0 spiro atoms. The molecule has 2 aromatic carbocycles. The third-order valence-corrected chi connectivity index (χ3v) is 6.49. The van der Waals surface area contributed by atoms with E-state index in [9.17, 15) is 0 Å². The summed E-state index contributed by atoms with van der Waals surface area (Å²) in [5.74, 6) is 0. The number of hydrogen-bond acceptors (Lipinski definition) is 1. The van der Waals surface area contributed by atoms with Crippen molar-refractivity contribution in [3.63, 3.8) is 0 Å². The van der Waals surface area contributed by atoms with Crippen LogP contribution in [0.5, 0.6) is 0 Å². The molecular formula is C27H34N2. The molecule has 0 saturated heterocycles. The molecule has 2 heteroatoms. The van der Waals surface area contributed by atoms with Crippen molar-refractivity contribution < 1.29 is 0 Å². The van der Waals surface area contributed by atoms with Gasteiger partial charge in [0.25, 0.3) is 0 Å². The maximum atomic E-state index is 2.74. The van der Waals surface area contributed by atoms with Crippen molar-refractivity contribution in [2.45, 2.75) is 71.6 Å². The zero-order chi connectivity index (χ0) is 20.1. The summed E-state index contributed by atoms with van der Waals surface area (Å²) in [4.78, 5) is 2.74. The van der Waals surface area contributed by atoms with Crippen LogP contribution in [0.3, 0.4) is 0 Å². The SMILES string of the molecule is Cc1ccc(Cn2cccc2CN(Cc2ccccc2C)C2CCCCC2)cc1. The number of aryl methyl sites for hydroxylation is 2. The lowest BCUT2D eigenvalue weighted by molar-refractivity contribution is 0.136. The van der Waals surface area contributed by atoms with E-state index >= 15 is 0 Å². The van der Waals surface area contributed by atoms with Gasteiger partial charge in [0, 0.05) is 37.6 Å². The molecule has 1 heterocycles. The molecule has 0 unspecified atom stereocenters. The first kappa shape index (κ1) is 20.0. The van der Waals surface area contributed by atoms with E-state index in [1.807, 2.05) is 0 Å². The average Bonchev–Trinajstić information content (AvgIpc) is 3.18. The number of hydrogen-bond donors (Lipinski definition) is 0. The van der Waals surface area contributed by atoms with Crippen LogP contribution in [0.15, 0.2) is 66.9 Å². The van der Waals surface area contributed by atoms with E-state index in [-0.39, 0.29) is 0 Å². The summed E-state index contributed by atoms with van der Waals surface area (Å²) in [6.45, 7) is 7.42. The van der Waals surface area contributed by atoms with Crippen molar-refractivity contribution >= 4 is 0 Å². The molecule has 1 aromatic heterocycles. The van der Waals surface area contributed by atoms with Crippen molar-refractivity contribution in [2.75, 3.05) is 0 Å². The van der Waals surface area contributed by atoms with Gasteiger partial charge in [0.1, 0.15) is 0 Å². The summed E-state index contributed by atoms with van der Waals surface area (Å²) < 4.78 is 2.43. The van der Waals surface area contributed by atoms with Gasteiger partial charge in [-0.3, -0.25) is 4.90 Å². The summed E-state index contributed by atoms with van der Waals surface area (Å²) in [6, 6.07) is 23.0. The van der Waals surface area contributed by atoms with Crippen LogP contribution >= 0.6 is 0 Å². The van der Waals surface area contributed by atoms with Gasteiger partial charge in [0.2, 0.25) is 0 Å². The zero-order valence-corrected chi connectivity index (χ0v) is 18.0. The van der Waals surface area contributed by atoms with E-state index in [1.165, 1.54) is 60.1 Å². The molecule has 4 rings (SSSR count). The normalized spacial score (nSPS) is 15.1. The smallest absolute Gasteiger partial charge is 0.0473 e. The Bertz CT molecular complexity index is 900. The second-order valence-electron chi connectivity index (χ2n) is 8.74. The lowest BCUT2D eigenvalue weighted by Crippen LogP contribution is -2.36. The number of rotatable bonds is 7. The van der Waals surface area contributed by atoms with Crippen LogP contribution in [0, 0.1) is 13.8 Å². The standard InChI is InChI=1S/C27H34N2/c1-22-14-16-24(17-15-22)19-28-18-8-13-27(28)21-29(26-11-4-3-5-12-26)20-25-10-7-6-9-23(25)2/h6-10,13-18,26H,3-5,11-12,19-21H2,1-2H3. The van der Waals surface area contributed by atoms with Gasteiger partial charge >= 0.3 is 0 Å². The summed E-state index contributed by atoms with van der Waals surface area (Å²) in [5.41, 5.74) is 6.99. The van der Waals surface area contributed by atoms with Crippen LogP contribution in [0.1, 0.15) is 60.1 Å². The van der Waals surface area contributed by atoms with Gasteiger partial charge in [-0.05, 0) is 55.5 Å². The predicted octanol–water partition coefficient (Wildman–Crippen LogP) is 6.49. The molecule has 2 nitrogen and oxygen atoms in total. The highest BCUT2D eigenvalue weighted by atomic mass is 15.2. The second kappa shape index (κ2) is 9.45. The van der Waals surface area contributed by atoms with Gasteiger partial charge in [0.05, 0.1) is 0 Å². The summed E-state index contributed by atoms with van der Waals surface area (Å²) >= 11 is 0. The minimum atomic E-state index is 0.700. The van der Waals surface area contributed by atoms with E-state index < -0.39 is 0 Å². The molecule has 0 N–H and O–H groups in total. The van der Waals surface area contributed by atoms with Gasteiger partial charge in [-0.25, -0.2) is 0 Å². The summed E-state index contributed by atoms with van der Waals surface area (Å²) in [5, 5.41) is 0. The third kappa shape index (κ3) is 5.19. The molecule has 1 aliphatic rings. The Morgan fingerprint density at radius 1 is 0.828 bits per heavy atom. The minimum Gasteiger partial charge on any atom is -0.346 e. The number of aromatic nitrogens is 1. The van der Waals surface area contributed by atoms with E-state index in [2.05, 4.69) is 90.2 Å². The summed E-state index contributed by atoms with van der Waals surface area (Å²) in [6.07, 6.45) is 9.06. The topological polar surface area (TPSA) is 8.17 Å². The highest BCUT2D eigenvalue weighted by Crippen LogP contribution is 2.26. The van der Waals surface area contributed by atoms with Crippen molar-refractivity contribution in [2.24, 2.45) is 0 Å². The first-order valence-electron chi connectivity index (χ1n) is 11.2. The van der Waals surface area contributed by atoms with E-state index in [4.69, 9.17) is 0 Å². The van der Waals surface area contributed by atoms with Gasteiger partial charge in [0.15, 0.2) is 0 Å². The molecule has 29 heavy (non-hydrogen) atoms. The fourth-order valence-electron chi connectivity index (χ4n) is 4.61. The molecule has 1 fully saturated rings. The molecule has 0 radical (unpaired) electrons. The zero-order valence-electron chi connectivity index (χ0n) is 18.0. The Kier molecular flexibility index (Phi) is 6.51. The highest BCUT2D eigenvalue weighted by molar-refractivity contribution is 5.26. The predicted molar refractivity (Wildman–Crippen MR) is 122 cm³/mol. The third-order valence-electron chi connectivity index (χ3n) is 6.49. The van der Waals surface area contributed by atoms with Crippen LogP contribution in [-0.2, 0) is 19.6 Å². The first-order valence-corrected chi connectivity index (χ1v) is 11.2. The molecule has 1 saturated carbocycles. The molecule has 0 aliphatic heterocycles. The van der Waals surface area contributed by atoms with Crippen LogP contribution in [0.25, 0.3) is 0 Å². The molecule has 152 valence electrons. The van der Waals surface area contributed by atoms with Crippen molar-refractivity contribution in [1.29, 1.82) is 0 Å². The molecule has 1 aliphatic carbocycles. The molecule has 0 bridgehead atoms. The maximum Gasteiger partial charge on any atom is 0.0473 e. The average molecular weight is 387 g/mol. The second-order valence-corrected chi connectivity index (χ2v) is 8.74. The van der Waals surface area contributed by atoms with Crippen LogP contribution < -0.4 is 0 Å². The van der Waals surface area contributed by atoms with Gasteiger partial charge in [-0.15, -0.1) is 0 Å². The number of nitrogens with zero attached hydrogens (tertiary/aromatic N) is 2. The van der Waals surface area contributed by atoms with Gasteiger partial charge < -0.3 is 4.57 Å². The Morgan fingerprint density at radius 2 is 1.59 bits per heavy atom. The molecule has 0 atom stereocenters. The van der Waals surface area contributed by atoms with Crippen LogP contribution in [0.2, 0.25) is 0 Å². The highest BCUT2D eigenvalue weighted by Gasteiger charge is 2.22. The largest absolute Gasteiger partial charge is 0.346 e. The fraction of sp³-hybridized carbons (Fsp3) is 0.407. The van der Waals surface area contributed by atoms with Crippen LogP contribution in [-0.4, -0.2) is 15.5 Å². The first-order chi connectivity index (χ1) is 14.2. The van der Waals surface area contributed by atoms with Crippen molar-refractivity contribution in [3.05, 3.63) is 94.8 Å². The Labute approximate surface area is 176 Å². The Hall–Kier alpha value is -2.32. The minimum absolute atomic E-state index is 0.700. The monoisotopic (exact) mass is 386 g/mol. The molecule has 0 amide bonds. The molecular weight excluding hydrogens is 352 g/mol. The Morgan fingerprint density at radius 3 is 2.34 bits per heavy atom. The molecule has 3 aromatic rings. The van der Waals surface area contributed by atoms with Crippen molar-refractivity contribution in [3.8, 4) is 0 Å². The van der Waals surface area contributed by atoms with Crippen molar-refractivity contribution in [1.82, 2.24) is 9.47 Å². The lowest BCUT2D eigenvalue weighted by Gasteiger charge is -2.35. The lowest BCUT2D eigenvalue weighted by atomic mass is 9.93. The van der Waals surface area contributed by atoms with Gasteiger partial charge in [-0.1, -0.05) is 73.4 Å². The van der Waals surface area contributed by atoms with E-state index in [0.29, 0.717) is 6.04 Å². The summed E-state index contributed by atoms with van der Waals surface area (Å²) in [7, 11) is 0. The fourth-order valence-corrected chi connectivity index (χ4v) is 4.61. The Balaban J connectivity index is 1.53. The van der Waals surface area contributed by atoms with Crippen LogP contribution in [0.4, 0.5) is 0 Å².